The van der Waals surface area contributed by atoms with Crippen molar-refractivity contribution in [1.29, 1.82) is 0 Å². The van der Waals surface area contributed by atoms with Crippen LogP contribution in [-0.2, 0) is 9.53 Å². The number of hydrogen-bond donors (Lipinski definition) is 1. The van der Waals surface area contributed by atoms with Crippen molar-refractivity contribution in [1.82, 2.24) is 0 Å². The van der Waals surface area contributed by atoms with Crippen LogP contribution < -0.4 is 5.32 Å². The average Bonchev–Trinajstić information content (AvgIpc) is 3.11. The first-order chi connectivity index (χ1) is 13.9. The van der Waals surface area contributed by atoms with Gasteiger partial charge < -0.3 is 10.1 Å². The number of benzene rings is 2. The maximum absolute atomic E-state index is 13.8. The van der Waals surface area contributed by atoms with E-state index in [1.807, 2.05) is 0 Å². The Morgan fingerprint density at radius 1 is 1.14 bits per heavy atom. The topological polar surface area (TPSA) is 55.4 Å². The minimum Gasteiger partial charge on any atom is -0.465 e. The van der Waals surface area contributed by atoms with Crippen molar-refractivity contribution in [2.45, 2.75) is 0 Å². The van der Waals surface area contributed by atoms with Crippen molar-refractivity contribution < 1.29 is 23.1 Å². The third-order valence-electron chi connectivity index (χ3n) is 3.97. The molecule has 1 heterocycles. The number of hydrogen-bond acceptors (Lipinski definition) is 4. The predicted octanol–water partition coefficient (Wildman–Crippen LogP) is 5.79. The van der Waals surface area contributed by atoms with Crippen molar-refractivity contribution in [3.05, 3.63) is 81.7 Å². The highest BCUT2D eigenvalue weighted by Crippen LogP contribution is 2.36. The Labute approximate surface area is 174 Å². The molecule has 0 unspecified atom stereocenters. The van der Waals surface area contributed by atoms with E-state index < -0.39 is 23.5 Å². The van der Waals surface area contributed by atoms with Gasteiger partial charge in [0.25, 0.3) is 0 Å². The van der Waals surface area contributed by atoms with E-state index in [2.05, 4.69) is 5.32 Å². The predicted molar refractivity (Wildman–Crippen MR) is 110 cm³/mol. The van der Waals surface area contributed by atoms with Crippen LogP contribution in [0.2, 0.25) is 5.02 Å². The van der Waals surface area contributed by atoms with Crippen LogP contribution in [0.5, 0.6) is 0 Å². The molecule has 148 valence electrons. The Hall–Kier alpha value is -3.03. The van der Waals surface area contributed by atoms with Gasteiger partial charge >= 0.3 is 5.97 Å². The molecule has 4 nitrogen and oxygen atoms in total. The highest BCUT2D eigenvalue weighted by Gasteiger charge is 2.22. The van der Waals surface area contributed by atoms with Crippen molar-refractivity contribution in [2.75, 3.05) is 12.4 Å². The van der Waals surface area contributed by atoms with Gasteiger partial charge in [-0.05, 0) is 35.9 Å². The van der Waals surface area contributed by atoms with E-state index in [1.54, 1.807) is 5.38 Å². The molecule has 0 atom stereocenters. The van der Waals surface area contributed by atoms with Crippen LogP contribution in [-0.4, -0.2) is 19.0 Å². The van der Waals surface area contributed by atoms with Gasteiger partial charge in [-0.15, -0.1) is 11.3 Å². The first-order valence-electron chi connectivity index (χ1n) is 8.29. The van der Waals surface area contributed by atoms with Gasteiger partial charge in [-0.25, -0.2) is 13.6 Å². The third-order valence-corrected chi connectivity index (χ3v) is 5.20. The van der Waals surface area contributed by atoms with Gasteiger partial charge in [0.15, 0.2) is 0 Å². The van der Waals surface area contributed by atoms with Crippen molar-refractivity contribution >= 4 is 45.9 Å². The smallest absolute Gasteiger partial charge is 0.341 e. The zero-order valence-electron chi connectivity index (χ0n) is 15.0. The maximum atomic E-state index is 13.8. The Balaban J connectivity index is 1.89. The molecule has 0 bridgehead atoms. The summed E-state index contributed by atoms with van der Waals surface area (Å²) in [6, 6.07) is 9.78. The van der Waals surface area contributed by atoms with Gasteiger partial charge in [-0.3, -0.25) is 4.79 Å². The van der Waals surface area contributed by atoms with Gasteiger partial charge in [0.1, 0.15) is 22.2 Å². The summed E-state index contributed by atoms with van der Waals surface area (Å²) in [5.74, 6) is -2.20. The van der Waals surface area contributed by atoms with E-state index in [4.69, 9.17) is 16.3 Å². The largest absolute Gasteiger partial charge is 0.465 e. The number of methoxy groups -OCH3 is 1. The fourth-order valence-electron chi connectivity index (χ4n) is 2.58. The van der Waals surface area contributed by atoms with Gasteiger partial charge in [0, 0.05) is 22.6 Å². The quantitative estimate of drug-likeness (QED) is 0.409. The summed E-state index contributed by atoms with van der Waals surface area (Å²) in [4.78, 5) is 24.6. The minimum atomic E-state index is -0.651. The summed E-state index contributed by atoms with van der Waals surface area (Å²) in [7, 11) is 1.22. The molecule has 1 amide bonds. The number of halogens is 3. The normalized spacial score (nSPS) is 10.9. The number of carbonyl (C=O) groups is 2. The second-order valence-electron chi connectivity index (χ2n) is 5.81. The lowest BCUT2D eigenvalue weighted by Crippen LogP contribution is -2.11. The molecule has 2 aromatic carbocycles. The molecule has 0 radical (unpaired) electrons. The second kappa shape index (κ2) is 8.98. The number of ether oxygens (including phenoxy) is 1. The van der Waals surface area contributed by atoms with Gasteiger partial charge in [-0.2, -0.15) is 0 Å². The molecular weight excluding hydrogens is 420 g/mol. The molecule has 1 N–H and O–H groups in total. The van der Waals surface area contributed by atoms with Gasteiger partial charge in [0.2, 0.25) is 5.91 Å². The molecule has 0 aliphatic rings. The standard InChI is InChI=1S/C21H14ClF2NO3S/c1-28-21(27)19-15(12-5-7-13(23)8-6-12)11-29-20(19)25-18(26)10-9-14-16(22)3-2-4-17(14)24/h2-11H,1H3,(H,25,26). The van der Waals surface area contributed by atoms with E-state index in [-0.39, 0.29) is 21.2 Å². The maximum Gasteiger partial charge on any atom is 0.341 e. The lowest BCUT2D eigenvalue weighted by atomic mass is 10.0. The number of rotatable bonds is 5. The summed E-state index contributed by atoms with van der Waals surface area (Å²) in [6.45, 7) is 0. The first kappa shape index (κ1) is 20.7. The van der Waals surface area contributed by atoms with Crippen LogP contribution in [0, 0.1) is 11.6 Å². The molecule has 3 rings (SSSR count). The number of amides is 1. The number of carbonyl (C=O) groups excluding carboxylic acids is 2. The molecule has 3 aromatic rings. The number of nitrogens with one attached hydrogen (secondary N) is 1. The van der Waals surface area contributed by atoms with Crippen LogP contribution >= 0.6 is 22.9 Å². The minimum absolute atomic E-state index is 0.0793. The van der Waals surface area contributed by atoms with Gasteiger partial charge in [0.05, 0.1) is 12.1 Å². The van der Waals surface area contributed by atoms with Crippen molar-refractivity contribution in [3.8, 4) is 11.1 Å². The third kappa shape index (κ3) is 4.70. The summed E-state index contributed by atoms with van der Waals surface area (Å²) in [5.41, 5.74) is 1.32. The molecule has 1 aromatic heterocycles. The molecule has 0 aliphatic heterocycles. The molecule has 29 heavy (non-hydrogen) atoms. The monoisotopic (exact) mass is 433 g/mol. The first-order valence-corrected chi connectivity index (χ1v) is 9.55. The molecule has 0 saturated heterocycles. The number of thiophene rings is 1. The molecule has 0 fully saturated rings. The highest BCUT2D eigenvalue weighted by molar-refractivity contribution is 7.15. The molecule has 0 saturated carbocycles. The van der Waals surface area contributed by atoms with E-state index >= 15 is 0 Å². The van der Waals surface area contributed by atoms with E-state index in [9.17, 15) is 18.4 Å². The Bertz CT molecular complexity index is 1070. The molecule has 0 aliphatic carbocycles. The Morgan fingerprint density at radius 2 is 1.86 bits per heavy atom. The average molecular weight is 434 g/mol. The van der Waals surface area contributed by atoms with E-state index in [1.165, 1.54) is 55.7 Å². The van der Waals surface area contributed by atoms with Crippen molar-refractivity contribution in [3.63, 3.8) is 0 Å². The molecule has 8 heteroatoms. The summed E-state index contributed by atoms with van der Waals surface area (Å²) in [5, 5.41) is 4.67. The van der Waals surface area contributed by atoms with Crippen molar-refractivity contribution in [2.24, 2.45) is 0 Å². The Morgan fingerprint density at radius 3 is 2.52 bits per heavy atom. The van der Waals surface area contributed by atoms with Crippen LogP contribution in [0.4, 0.5) is 13.8 Å². The highest BCUT2D eigenvalue weighted by atomic mass is 35.5. The summed E-state index contributed by atoms with van der Waals surface area (Å²) in [6.07, 6.45) is 2.36. The van der Waals surface area contributed by atoms with Crippen LogP contribution in [0.25, 0.3) is 17.2 Å². The van der Waals surface area contributed by atoms with Gasteiger partial charge in [-0.1, -0.05) is 29.8 Å². The zero-order chi connectivity index (χ0) is 21.0. The molecule has 0 spiro atoms. The van der Waals surface area contributed by atoms with Crippen LogP contribution in [0.1, 0.15) is 15.9 Å². The second-order valence-corrected chi connectivity index (χ2v) is 7.10. The number of esters is 1. The summed E-state index contributed by atoms with van der Waals surface area (Å²) >= 11 is 7.05. The number of anilines is 1. The molecular formula is C21H14ClF2NO3S. The SMILES string of the molecule is COC(=O)c1c(-c2ccc(F)cc2)csc1NC(=O)C=Cc1c(F)cccc1Cl. The lowest BCUT2D eigenvalue weighted by molar-refractivity contribution is -0.111. The fourth-order valence-corrected chi connectivity index (χ4v) is 3.77. The van der Waals surface area contributed by atoms with E-state index in [0.717, 1.165) is 17.4 Å². The fraction of sp³-hybridized carbons (Fsp3) is 0.0476. The van der Waals surface area contributed by atoms with Crippen LogP contribution in [0.3, 0.4) is 0 Å². The zero-order valence-corrected chi connectivity index (χ0v) is 16.6. The Kier molecular flexibility index (Phi) is 6.41. The lowest BCUT2D eigenvalue weighted by Gasteiger charge is -2.07. The van der Waals surface area contributed by atoms with E-state index in [0.29, 0.717) is 11.1 Å². The summed E-state index contributed by atoms with van der Waals surface area (Å²) < 4.78 is 31.8. The van der Waals surface area contributed by atoms with Crippen LogP contribution in [0.15, 0.2) is 53.9 Å².